The summed E-state index contributed by atoms with van der Waals surface area (Å²) in [5, 5.41) is 14.5. The number of anilines is 1. The van der Waals surface area contributed by atoms with Crippen LogP contribution >= 0.6 is 11.8 Å². The third-order valence-corrected chi connectivity index (χ3v) is 3.96. The lowest BCUT2D eigenvalue weighted by Gasteiger charge is -2.13. The van der Waals surface area contributed by atoms with Crippen molar-refractivity contribution in [3.05, 3.63) is 36.0 Å². The highest BCUT2D eigenvalue weighted by atomic mass is 32.2. The van der Waals surface area contributed by atoms with E-state index in [2.05, 4.69) is 23.5 Å². The van der Waals surface area contributed by atoms with Crippen molar-refractivity contribution in [2.24, 2.45) is 0 Å². The molecule has 0 amide bonds. The molecule has 2 rings (SSSR count). The zero-order valence-corrected chi connectivity index (χ0v) is 11.7. The van der Waals surface area contributed by atoms with Crippen molar-refractivity contribution in [1.82, 2.24) is 4.98 Å². The molecule has 100 valence electrons. The molecule has 0 fully saturated rings. The molecular weight excluding hydrogens is 260 g/mol. The number of carbonyl (C=O) groups is 1. The van der Waals surface area contributed by atoms with E-state index in [1.54, 1.807) is 11.8 Å². The number of nitrogens with zero attached hydrogens (tertiary/aromatic N) is 1. The third kappa shape index (κ3) is 2.98. The standard InChI is InChI=1S/C14H16N2O2S/c1-9(19-2)7-15-13-11-6-4-3-5-10(11)12(8-16-13)14(17)18/h3-6,8-9H,7H2,1-2H3,(H,15,16)(H,17,18). The molecule has 1 aromatic heterocycles. The highest BCUT2D eigenvalue weighted by molar-refractivity contribution is 7.99. The molecule has 5 heteroatoms. The number of fused-ring (bicyclic) bond motifs is 1. The van der Waals surface area contributed by atoms with Crippen LogP contribution in [0.3, 0.4) is 0 Å². The molecule has 0 saturated carbocycles. The van der Waals surface area contributed by atoms with Crippen molar-refractivity contribution in [2.75, 3.05) is 18.1 Å². The van der Waals surface area contributed by atoms with Crippen LogP contribution < -0.4 is 5.32 Å². The molecule has 0 aliphatic rings. The van der Waals surface area contributed by atoms with Gasteiger partial charge in [-0.25, -0.2) is 9.78 Å². The molecule has 0 aliphatic heterocycles. The molecule has 0 spiro atoms. The Kier molecular flexibility index (Phi) is 4.27. The van der Waals surface area contributed by atoms with Crippen LogP contribution in [0.2, 0.25) is 0 Å². The Labute approximate surface area is 116 Å². The van der Waals surface area contributed by atoms with E-state index in [0.717, 1.165) is 17.7 Å². The number of aromatic carboxylic acids is 1. The van der Waals surface area contributed by atoms with Crippen LogP contribution in [0.5, 0.6) is 0 Å². The highest BCUT2D eigenvalue weighted by Gasteiger charge is 2.12. The lowest BCUT2D eigenvalue weighted by molar-refractivity contribution is 0.0698. The fourth-order valence-corrected chi connectivity index (χ4v) is 2.08. The summed E-state index contributed by atoms with van der Waals surface area (Å²) in [5.41, 5.74) is 0.235. The van der Waals surface area contributed by atoms with Crippen LogP contribution in [0.15, 0.2) is 30.5 Å². The zero-order chi connectivity index (χ0) is 13.8. The Morgan fingerprint density at radius 3 is 2.74 bits per heavy atom. The first-order chi connectivity index (χ1) is 9.13. The minimum atomic E-state index is -0.951. The summed E-state index contributed by atoms with van der Waals surface area (Å²) >= 11 is 1.77. The smallest absolute Gasteiger partial charge is 0.337 e. The molecule has 0 bridgehead atoms. The zero-order valence-electron chi connectivity index (χ0n) is 10.9. The summed E-state index contributed by atoms with van der Waals surface area (Å²) in [5.74, 6) is -0.214. The van der Waals surface area contributed by atoms with Crippen molar-refractivity contribution in [1.29, 1.82) is 0 Å². The first kappa shape index (κ1) is 13.7. The van der Waals surface area contributed by atoms with Gasteiger partial charge in [0, 0.05) is 28.8 Å². The summed E-state index contributed by atoms with van der Waals surface area (Å²) in [6.07, 6.45) is 3.47. The Bertz CT molecular complexity index is 601. The first-order valence-corrected chi connectivity index (χ1v) is 7.30. The molecular formula is C14H16N2O2S. The van der Waals surface area contributed by atoms with Crippen molar-refractivity contribution in [2.45, 2.75) is 12.2 Å². The number of aromatic nitrogens is 1. The molecule has 19 heavy (non-hydrogen) atoms. The first-order valence-electron chi connectivity index (χ1n) is 6.01. The average molecular weight is 276 g/mol. The maximum absolute atomic E-state index is 11.2. The second-order valence-electron chi connectivity index (χ2n) is 4.30. The summed E-state index contributed by atoms with van der Waals surface area (Å²) in [4.78, 5) is 15.4. The Morgan fingerprint density at radius 2 is 2.11 bits per heavy atom. The highest BCUT2D eigenvalue weighted by Crippen LogP contribution is 2.24. The number of nitrogens with one attached hydrogen (secondary N) is 1. The van der Waals surface area contributed by atoms with Crippen LogP contribution in [0.1, 0.15) is 17.3 Å². The SMILES string of the molecule is CSC(C)CNc1ncc(C(=O)O)c2ccccc12. The van der Waals surface area contributed by atoms with E-state index >= 15 is 0 Å². The van der Waals surface area contributed by atoms with Gasteiger partial charge in [-0.1, -0.05) is 31.2 Å². The number of rotatable bonds is 5. The van der Waals surface area contributed by atoms with Gasteiger partial charge in [0.1, 0.15) is 5.82 Å². The molecule has 4 nitrogen and oxygen atoms in total. The predicted octanol–water partition coefficient (Wildman–Crippen LogP) is 3.10. The second kappa shape index (κ2) is 5.93. The fourth-order valence-electron chi connectivity index (χ4n) is 1.83. The van der Waals surface area contributed by atoms with E-state index in [-0.39, 0.29) is 5.56 Å². The fraction of sp³-hybridized carbons (Fsp3) is 0.286. The third-order valence-electron chi connectivity index (χ3n) is 2.98. The summed E-state index contributed by atoms with van der Waals surface area (Å²) < 4.78 is 0. The van der Waals surface area contributed by atoms with Crippen molar-refractivity contribution in [3.63, 3.8) is 0 Å². The van der Waals surface area contributed by atoms with Gasteiger partial charge >= 0.3 is 5.97 Å². The van der Waals surface area contributed by atoms with Crippen LogP contribution in [-0.2, 0) is 0 Å². The van der Waals surface area contributed by atoms with Gasteiger partial charge in [0.15, 0.2) is 0 Å². The van der Waals surface area contributed by atoms with E-state index in [1.807, 2.05) is 24.3 Å². The molecule has 1 atom stereocenters. The van der Waals surface area contributed by atoms with Crippen LogP contribution in [0.25, 0.3) is 10.8 Å². The van der Waals surface area contributed by atoms with E-state index in [9.17, 15) is 4.79 Å². The van der Waals surface area contributed by atoms with Gasteiger partial charge in [0.2, 0.25) is 0 Å². The molecule has 1 unspecified atom stereocenters. The van der Waals surface area contributed by atoms with Gasteiger partial charge in [-0.3, -0.25) is 0 Å². The van der Waals surface area contributed by atoms with Crippen LogP contribution in [0, 0.1) is 0 Å². The minimum Gasteiger partial charge on any atom is -0.478 e. The largest absolute Gasteiger partial charge is 0.478 e. The molecule has 1 heterocycles. The van der Waals surface area contributed by atoms with Crippen molar-refractivity contribution < 1.29 is 9.90 Å². The Balaban J connectivity index is 2.41. The lowest BCUT2D eigenvalue weighted by Crippen LogP contribution is -2.14. The second-order valence-corrected chi connectivity index (χ2v) is 5.57. The lowest BCUT2D eigenvalue weighted by atomic mass is 10.1. The number of benzene rings is 1. The number of thioether (sulfide) groups is 1. The Morgan fingerprint density at radius 1 is 1.42 bits per heavy atom. The van der Waals surface area contributed by atoms with Gasteiger partial charge in [-0.15, -0.1) is 0 Å². The van der Waals surface area contributed by atoms with Gasteiger partial charge in [0.05, 0.1) is 5.56 Å². The molecule has 1 aromatic carbocycles. The topological polar surface area (TPSA) is 62.2 Å². The molecule has 2 N–H and O–H groups in total. The molecule has 0 saturated heterocycles. The van der Waals surface area contributed by atoms with Gasteiger partial charge in [0.25, 0.3) is 0 Å². The summed E-state index contributed by atoms with van der Waals surface area (Å²) in [6.45, 7) is 2.93. The Hall–Kier alpha value is -1.75. The summed E-state index contributed by atoms with van der Waals surface area (Å²) in [6, 6.07) is 7.42. The normalized spacial score (nSPS) is 12.3. The average Bonchev–Trinajstić information content (AvgIpc) is 2.43. The van der Waals surface area contributed by atoms with Crippen LogP contribution in [-0.4, -0.2) is 34.1 Å². The van der Waals surface area contributed by atoms with Gasteiger partial charge in [-0.05, 0) is 6.26 Å². The van der Waals surface area contributed by atoms with E-state index < -0.39 is 5.97 Å². The number of carboxylic acid groups (broad SMARTS) is 1. The summed E-state index contributed by atoms with van der Waals surface area (Å²) in [7, 11) is 0. The van der Waals surface area contributed by atoms with Crippen molar-refractivity contribution in [3.8, 4) is 0 Å². The molecule has 0 aliphatic carbocycles. The number of pyridine rings is 1. The number of hydrogen-bond donors (Lipinski definition) is 2. The molecule has 2 aromatic rings. The predicted molar refractivity (Wildman–Crippen MR) is 80.2 cm³/mol. The van der Waals surface area contributed by atoms with Crippen LogP contribution in [0.4, 0.5) is 5.82 Å². The van der Waals surface area contributed by atoms with Gasteiger partial charge in [-0.2, -0.15) is 11.8 Å². The van der Waals surface area contributed by atoms with E-state index in [4.69, 9.17) is 5.11 Å². The molecule has 0 radical (unpaired) electrons. The maximum Gasteiger partial charge on any atom is 0.337 e. The quantitative estimate of drug-likeness (QED) is 0.878. The minimum absolute atomic E-state index is 0.235. The van der Waals surface area contributed by atoms with Crippen molar-refractivity contribution >= 4 is 34.3 Å². The monoisotopic (exact) mass is 276 g/mol. The van der Waals surface area contributed by atoms with Gasteiger partial charge < -0.3 is 10.4 Å². The number of carboxylic acids is 1. The van der Waals surface area contributed by atoms with E-state index in [0.29, 0.717) is 10.6 Å². The number of hydrogen-bond acceptors (Lipinski definition) is 4. The maximum atomic E-state index is 11.2. The van der Waals surface area contributed by atoms with E-state index in [1.165, 1.54) is 6.20 Å².